The largest absolute Gasteiger partial charge is 0.481 e. The average molecular weight is 1330 g/mol. The van der Waals surface area contributed by atoms with E-state index in [2.05, 4.69) is 59.4 Å². The first-order valence-corrected chi connectivity index (χ1v) is 34.7. The maximum atomic E-state index is 15.2. The lowest BCUT2D eigenvalue weighted by Gasteiger charge is -2.69. The zero-order chi connectivity index (χ0) is 68.8. The molecule has 2 bridgehead atoms. The molecular formula is C75H94N8O14. The summed E-state index contributed by atoms with van der Waals surface area (Å²) in [5.74, 6) is -2.11. The number of hydrazone groups is 1. The second-order valence-electron chi connectivity index (χ2n) is 30.2. The molecule has 22 heteroatoms. The van der Waals surface area contributed by atoms with Gasteiger partial charge in [-0.15, -0.1) is 0 Å². The summed E-state index contributed by atoms with van der Waals surface area (Å²) in [5, 5.41) is 34.1. The number of benzene rings is 3. The second-order valence-corrected chi connectivity index (χ2v) is 30.2. The highest BCUT2D eigenvalue weighted by molar-refractivity contribution is 6.01. The average Bonchev–Trinajstić information content (AvgIpc) is 1.67. The van der Waals surface area contributed by atoms with Crippen molar-refractivity contribution in [1.82, 2.24) is 25.9 Å². The molecule has 2 aliphatic heterocycles. The third kappa shape index (κ3) is 14.1. The highest BCUT2D eigenvalue weighted by atomic mass is 16.7. The quantitative estimate of drug-likeness (QED) is 0.0466. The molecule has 1 saturated heterocycles. The number of nitrogens with one attached hydrogen (secondary N) is 4. The third-order valence-corrected chi connectivity index (χ3v) is 23.3. The Balaban J connectivity index is 0.597. The lowest BCUT2D eigenvalue weighted by atomic mass is 9.38. The molecule has 5 amide bonds. The Hall–Kier alpha value is -8.05. The van der Waals surface area contributed by atoms with Crippen molar-refractivity contribution in [3.63, 3.8) is 0 Å². The Morgan fingerprint density at radius 3 is 2.23 bits per heavy atom. The van der Waals surface area contributed by atoms with Crippen molar-refractivity contribution < 1.29 is 67.5 Å². The Morgan fingerprint density at radius 2 is 1.54 bits per heavy atom. The van der Waals surface area contributed by atoms with Gasteiger partial charge in [0, 0.05) is 79.3 Å². The number of ketones is 2. The molecule has 0 aromatic heterocycles. The van der Waals surface area contributed by atoms with E-state index in [9.17, 15) is 43.8 Å². The number of anilines is 1. The highest BCUT2D eigenvalue weighted by Crippen LogP contribution is 2.71. The molecule has 3 aromatic rings. The van der Waals surface area contributed by atoms with Crippen LogP contribution in [0.4, 0.5) is 15.3 Å². The number of carbonyl (C=O) groups is 8. The second kappa shape index (κ2) is 27.7. The predicted octanol–water partition coefficient (Wildman–Crippen LogP) is 8.86. The molecule has 13 rings (SSSR count). The fourth-order valence-corrected chi connectivity index (χ4v) is 18.3. The first kappa shape index (κ1) is 68.9. The number of ether oxygens (including phenoxy) is 4. The van der Waals surface area contributed by atoms with E-state index in [4.69, 9.17) is 24.7 Å². The number of nitrogens with two attached hydrogens (primary N) is 1. The number of hydrogen-bond acceptors (Lipinski definition) is 16. The molecule has 2 unspecified atom stereocenters. The minimum atomic E-state index is -1.58. The number of carboxylic acid groups (broad SMARTS) is 1. The first-order valence-electron chi connectivity index (χ1n) is 34.7. The fourth-order valence-electron chi connectivity index (χ4n) is 18.3. The number of aliphatic hydroxyl groups is 1. The summed E-state index contributed by atoms with van der Waals surface area (Å²) in [6.45, 7) is 7.55. The molecule has 0 radical (unpaired) electrons. The summed E-state index contributed by atoms with van der Waals surface area (Å²) in [5.41, 5.74) is 14.8. The van der Waals surface area contributed by atoms with Crippen LogP contribution in [0.3, 0.4) is 0 Å². The van der Waals surface area contributed by atoms with Crippen molar-refractivity contribution in [2.24, 2.45) is 62.6 Å². The van der Waals surface area contributed by atoms with Crippen molar-refractivity contribution in [3.8, 4) is 0 Å². The minimum absolute atomic E-state index is 0.00572. The number of carboxylic acids is 1. The van der Waals surface area contributed by atoms with Gasteiger partial charge in [0.15, 0.2) is 24.3 Å². The Labute approximate surface area is 566 Å². The molecule has 8 aliphatic carbocycles. The summed E-state index contributed by atoms with van der Waals surface area (Å²) in [7, 11) is 3.00. The van der Waals surface area contributed by atoms with Gasteiger partial charge >= 0.3 is 18.2 Å². The summed E-state index contributed by atoms with van der Waals surface area (Å²) in [4.78, 5) is 108. The standard InChI is InChI=1S/C75H94N8O14/c1-44(2)48-8-7-9-55-51(21-20-48)37-78-81-66(55)49-16-10-45(11-17-49)32-62(87)77-38-63(88)80-58(26-27-64(89)90)67(91)79-53-23-14-47(15-24-53)39-94-69(92)82(5)30-31-83(6)70(93)95-40-60(86)75-61(96-68(97-75)50-18-12-46(13-19-50)35-73-41-74(76,42-73)43-73)34-57-56-25-22-52-33-54(84)28-29-71(52,3)65(56)59(85)36-72(57,75)4/h10-19,23-24,28-29,33,37,44,48,51,56-59,61,65,68,81,85H,7-9,20-22,25-27,30-32,34-36,38-43,76H2,1-6H3,(H,77,87)(H,79,91)(H,80,88)(H,89,90)/t48?,51?,56-,57-,58-,59-,61+,65+,68+,71-,72-,73?,74?,75+/m0/s1. The Bertz CT molecular complexity index is 3660. The van der Waals surface area contributed by atoms with Crippen LogP contribution in [0.5, 0.6) is 0 Å². The molecule has 8 fully saturated rings. The van der Waals surface area contributed by atoms with E-state index in [0.717, 1.165) is 85.2 Å². The van der Waals surface area contributed by atoms with Crippen molar-refractivity contribution in [2.75, 3.05) is 45.7 Å². The lowest BCUT2D eigenvalue weighted by Crippen LogP contribution is -2.72. The van der Waals surface area contributed by atoms with E-state index < -0.39 is 102 Å². The van der Waals surface area contributed by atoms with E-state index in [1.54, 1.807) is 36.4 Å². The van der Waals surface area contributed by atoms with Crippen molar-refractivity contribution >= 4 is 65.0 Å². The number of hydrogen-bond donors (Lipinski definition) is 7. The van der Waals surface area contributed by atoms with Gasteiger partial charge in [-0.1, -0.05) is 100 Å². The van der Waals surface area contributed by atoms with Crippen LogP contribution in [-0.2, 0) is 67.2 Å². The zero-order valence-corrected chi connectivity index (χ0v) is 56.6. The van der Waals surface area contributed by atoms with E-state index in [1.807, 2.05) is 55.6 Å². The summed E-state index contributed by atoms with van der Waals surface area (Å²) >= 11 is 0. The molecule has 7 saturated carbocycles. The van der Waals surface area contributed by atoms with Gasteiger partial charge in [0.25, 0.3) is 0 Å². The van der Waals surface area contributed by atoms with E-state index >= 15 is 4.79 Å². The van der Waals surface area contributed by atoms with Gasteiger partial charge < -0.3 is 60.6 Å². The SMILES string of the molecule is CC(C)C1CCCC2=C(c3ccc(CC(=O)NCC(=O)N[C@@H](CCC(=O)O)C(=O)Nc4ccc(COC(=O)N(C)CCN(C)C(=O)OCC(=O)[C@@]56O[C@H](c7ccc(CC89CC(N)(C8)C9)cc7)O[C@@H]5C[C@H]5[C@@H]7CCC8=CC(=O)C=C[C@]8(C)[C@H]7[C@@H](O)C[C@@]56C)cc4)cc3)NN=CC2CC1. The predicted molar refractivity (Wildman–Crippen MR) is 360 cm³/mol. The number of carbonyl (C=O) groups excluding carboxylic acids is 7. The molecular weight excluding hydrogens is 1240 g/mol. The molecule has 0 spiro atoms. The van der Waals surface area contributed by atoms with Gasteiger partial charge in [0.05, 0.1) is 30.9 Å². The molecule has 8 N–H and O–H groups in total. The minimum Gasteiger partial charge on any atom is -0.481 e. The number of aliphatic carboxylic acids is 1. The maximum absolute atomic E-state index is 15.2. The highest BCUT2D eigenvalue weighted by Gasteiger charge is 2.76. The van der Waals surface area contributed by atoms with E-state index in [0.29, 0.717) is 35.9 Å². The molecule has 12 atom stereocenters. The van der Waals surface area contributed by atoms with Crippen LogP contribution < -0.4 is 27.1 Å². The van der Waals surface area contributed by atoms with Gasteiger partial charge in [-0.3, -0.25) is 34.2 Å². The van der Waals surface area contributed by atoms with Crippen LogP contribution in [-0.4, -0.2) is 143 Å². The maximum Gasteiger partial charge on any atom is 0.409 e. The normalized spacial score (nSPS) is 31.3. The van der Waals surface area contributed by atoms with Crippen molar-refractivity contribution in [3.05, 3.63) is 130 Å². The van der Waals surface area contributed by atoms with E-state index in [1.165, 1.54) is 47.9 Å². The Morgan fingerprint density at radius 1 is 0.845 bits per heavy atom. The van der Waals surface area contributed by atoms with Gasteiger partial charge in [-0.05, 0) is 171 Å². The van der Waals surface area contributed by atoms with Crippen LogP contribution in [0.25, 0.3) is 5.70 Å². The molecule has 518 valence electrons. The van der Waals surface area contributed by atoms with Crippen molar-refractivity contribution in [1.29, 1.82) is 0 Å². The smallest absolute Gasteiger partial charge is 0.409 e. The van der Waals surface area contributed by atoms with Gasteiger partial charge in [0.1, 0.15) is 12.6 Å². The number of amides is 5. The summed E-state index contributed by atoms with van der Waals surface area (Å²) < 4.78 is 25.2. The lowest BCUT2D eigenvalue weighted by molar-refractivity contribution is -0.201. The number of fused-ring (bicyclic) bond motifs is 8. The number of Topliss-reactive ketones (excluding diaryl/α,β-unsaturated/α-hetero) is 1. The topological polar surface area (TPSA) is 307 Å². The number of likely N-dealkylation sites (N-methyl/N-ethyl adjacent to an activating group) is 2. The molecule has 97 heavy (non-hydrogen) atoms. The fraction of sp³-hybridized carbons (Fsp3) is 0.560. The Kier molecular flexibility index (Phi) is 19.7. The van der Waals surface area contributed by atoms with Gasteiger partial charge in [-0.2, -0.15) is 5.10 Å². The van der Waals surface area contributed by atoms with Crippen LogP contribution in [0.15, 0.2) is 107 Å². The van der Waals surface area contributed by atoms with Crippen LogP contribution in [0.1, 0.15) is 152 Å². The monoisotopic (exact) mass is 1330 g/mol. The number of rotatable bonds is 23. The van der Waals surface area contributed by atoms with Crippen LogP contribution in [0.2, 0.25) is 0 Å². The van der Waals surface area contributed by atoms with Gasteiger partial charge in [-0.25, -0.2) is 9.59 Å². The summed E-state index contributed by atoms with van der Waals surface area (Å²) in [6.07, 6.45) is 14.4. The number of allylic oxidation sites excluding steroid dienone is 5. The number of nitrogens with zero attached hydrogens (tertiary/aromatic N) is 3. The summed E-state index contributed by atoms with van der Waals surface area (Å²) in [6, 6.07) is 21.0. The molecule has 10 aliphatic rings. The van der Waals surface area contributed by atoms with Crippen LogP contribution >= 0.6 is 0 Å². The van der Waals surface area contributed by atoms with E-state index in [-0.39, 0.29) is 73.4 Å². The molecule has 2 heterocycles. The first-order chi connectivity index (χ1) is 46.3. The number of aliphatic hydroxyl groups excluding tert-OH is 1. The molecule has 3 aromatic carbocycles. The van der Waals surface area contributed by atoms with Crippen molar-refractivity contribution in [2.45, 2.75) is 173 Å². The van der Waals surface area contributed by atoms with Crippen LogP contribution in [0, 0.1) is 51.8 Å². The third-order valence-electron chi connectivity index (χ3n) is 23.3. The zero-order valence-electron chi connectivity index (χ0n) is 56.6. The molecule has 22 nitrogen and oxygen atoms in total. The van der Waals surface area contributed by atoms with Gasteiger partial charge in [0.2, 0.25) is 23.5 Å².